The van der Waals surface area contributed by atoms with Crippen LogP contribution in [0.15, 0.2) is 48.5 Å². The number of ether oxygens (including phenoxy) is 1. The molecule has 0 saturated carbocycles. The monoisotopic (exact) mass is 312 g/mol. The summed E-state index contributed by atoms with van der Waals surface area (Å²) in [4.78, 5) is 23.2. The smallest absolute Gasteiger partial charge is 0.265 e. The van der Waals surface area contributed by atoms with Crippen LogP contribution in [-0.2, 0) is 9.59 Å². The van der Waals surface area contributed by atoms with Crippen molar-refractivity contribution >= 4 is 23.2 Å². The summed E-state index contributed by atoms with van der Waals surface area (Å²) in [7, 11) is 0. The Labute approximate surface area is 135 Å². The summed E-state index contributed by atoms with van der Waals surface area (Å²) >= 11 is 0. The van der Waals surface area contributed by atoms with Gasteiger partial charge in [0.05, 0.1) is 0 Å². The van der Waals surface area contributed by atoms with E-state index in [1.54, 1.807) is 31.2 Å². The molecular weight excluding hydrogens is 292 g/mol. The summed E-state index contributed by atoms with van der Waals surface area (Å²) in [5.74, 6) is 0.318. The van der Waals surface area contributed by atoms with Crippen LogP contribution in [-0.4, -0.2) is 17.9 Å². The van der Waals surface area contributed by atoms with Crippen molar-refractivity contribution in [1.82, 2.24) is 0 Å². The van der Waals surface area contributed by atoms with E-state index in [9.17, 15) is 9.59 Å². The van der Waals surface area contributed by atoms with Gasteiger partial charge in [0.15, 0.2) is 6.10 Å². The molecule has 5 nitrogen and oxygen atoms in total. The van der Waals surface area contributed by atoms with Crippen LogP contribution >= 0.6 is 0 Å². The molecule has 120 valence electrons. The third-order valence-corrected chi connectivity index (χ3v) is 3.24. The maximum absolute atomic E-state index is 12.2. The average Bonchev–Trinajstić information content (AvgIpc) is 2.51. The lowest BCUT2D eigenvalue weighted by atomic mass is 10.2. The first-order chi connectivity index (χ1) is 11.0. The number of rotatable bonds is 5. The van der Waals surface area contributed by atoms with Gasteiger partial charge in [-0.25, -0.2) is 0 Å². The van der Waals surface area contributed by atoms with Crippen LogP contribution in [0.3, 0.4) is 0 Å². The van der Waals surface area contributed by atoms with Crippen LogP contribution in [0, 0.1) is 6.92 Å². The molecule has 23 heavy (non-hydrogen) atoms. The Morgan fingerprint density at radius 2 is 1.52 bits per heavy atom. The zero-order valence-corrected chi connectivity index (χ0v) is 13.4. The molecule has 0 aliphatic rings. The molecule has 0 aromatic heterocycles. The summed E-state index contributed by atoms with van der Waals surface area (Å²) in [6.07, 6.45) is -0.619. The van der Waals surface area contributed by atoms with Gasteiger partial charge in [0.2, 0.25) is 5.91 Å². The maximum Gasteiger partial charge on any atom is 0.265 e. The van der Waals surface area contributed by atoms with Gasteiger partial charge in [0.1, 0.15) is 5.75 Å². The van der Waals surface area contributed by atoms with Gasteiger partial charge in [-0.1, -0.05) is 18.2 Å². The van der Waals surface area contributed by atoms with E-state index in [0.717, 1.165) is 5.56 Å². The minimum Gasteiger partial charge on any atom is -0.481 e. The predicted molar refractivity (Wildman–Crippen MR) is 90.6 cm³/mol. The Bertz CT molecular complexity index is 696. The molecule has 1 atom stereocenters. The fourth-order valence-electron chi connectivity index (χ4n) is 2.02. The van der Waals surface area contributed by atoms with Crippen molar-refractivity contribution in [2.24, 2.45) is 0 Å². The standard InChI is InChI=1S/C18H20N2O3/c1-12-6-4-5-7-17(12)23-13(2)18(22)20-16-10-8-15(9-11-16)19-14(3)21/h4-11,13H,1-3H3,(H,19,21)(H,20,22)/t13-/m0/s1. The van der Waals surface area contributed by atoms with E-state index >= 15 is 0 Å². The molecule has 0 aliphatic carbocycles. The van der Waals surface area contributed by atoms with Gasteiger partial charge >= 0.3 is 0 Å². The predicted octanol–water partition coefficient (Wildman–Crippen LogP) is 3.36. The highest BCUT2D eigenvalue weighted by molar-refractivity contribution is 5.94. The van der Waals surface area contributed by atoms with E-state index in [-0.39, 0.29) is 11.8 Å². The average molecular weight is 312 g/mol. The van der Waals surface area contributed by atoms with Crippen molar-refractivity contribution in [3.05, 3.63) is 54.1 Å². The van der Waals surface area contributed by atoms with E-state index in [1.165, 1.54) is 6.92 Å². The Hall–Kier alpha value is -2.82. The fourth-order valence-corrected chi connectivity index (χ4v) is 2.02. The number of amides is 2. The molecule has 0 bridgehead atoms. The van der Waals surface area contributed by atoms with Gasteiger partial charge in [0, 0.05) is 18.3 Å². The quantitative estimate of drug-likeness (QED) is 0.889. The fraction of sp³-hybridized carbons (Fsp3) is 0.222. The summed E-state index contributed by atoms with van der Waals surface area (Å²) in [6, 6.07) is 14.5. The first kappa shape index (κ1) is 16.5. The number of hydrogen-bond donors (Lipinski definition) is 2. The first-order valence-corrected chi connectivity index (χ1v) is 7.36. The Morgan fingerprint density at radius 3 is 2.09 bits per heavy atom. The van der Waals surface area contributed by atoms with Gasteiger partial charge in [-0.05, 0) is 49.7 Å². The van der Waals surface area contributed by atoms with Crippen molar-refractivity contribution in [3.63, 3.8) is 0 Å². The number of anilines is 2. The highest BCUT2D eigenvalue weighted by atomic mass is 16.5. The SMILES string of the molecule is CC(=O)Nc1ccc(NC(=O)[C@H](C)Oc2ccccc2C)cc1. The van der Waals surface area contributed by atoms with E-state index in [4.69, 9.17) is 4.74 Å². The summed E-state index contributed by atoms with van der Waals surface area (Å²) in [5, 5.41) is 5.46. The Balaban J connectivity index is 1.95. The number of para-hydroxylation sites is 1. The lowest BCUT2D eigenvalue weighted by Crippen LogP contribution is -2.30. The molecule has 0 fully saturated rings. The molecule has 0 radical (unpaired) electrons. The van der Waals surface area contributed by atoms with Crippen LogP contribution in [0.5, 0.6) is 5.75 Å². The summed E-state index contributed by atoms with van der Waals surface area (Å²) in [5.41, 5.74) is 2.30. The molecule has 0 unspecified atom stereocenters. The highest BCUT2D eigenvalue weighted by Gasteiger charge is 2.15. The molecule has 0 aliphatic heterocycles. The number of carbonyl (C=O) groups excluding carboxylic acids is 2. The molecule has 0 heterocycles. The molecule has 2 rings (SSSR count). The van der Waals surface area contributed by atoms with Gasteiger partial charge in [-0.2, -0.15) is 0 Å². The van der Waals surface area contributed by atoms with Crippen LogP contribution < -0.4 is 15.4 Å². The zero-order chi connectivity index (χ0) is 16.8. The van der Waals surface area contributed by atoms with Crippen LogP contribution in [0.4, 0.5) is 11.4 Å². The molecule has 5 heteroatoms. The lowest BCUT2D eigenvalue weighted by Gasteiger charge is -2.16. The van der Waals surface area contributed by atoms with E-state index < -0.39 is 6.10 Å². The van der Waals surface area contributed by atoms with Crippen molar-refractivity contribution in [1.29, 1.82) is 0 Å². The Kier molecular flexibility index (Phi) is 5.36. The molecule has 2 N–H and O–H groups in total. The summed E-state index contributed by atoms with van der Waals surface area (Å²) < 4.78 is 5.69. The maximum atomic E-state index is 12.2. The van der Waals surface area contributed by atoms with Gasteiger partial charge in [-0.15, -0.1) is 0 Å². The van der Waals surface area contributed by atoms with Gasteiger partial charge in [0.25, 0.3) is 5.91 Å². The number of aryl methyl sites for hydroxylation is 1. The number of hydrogen-bond acceptors (Lipinski definition) is 3. The largest absolute Gasteiger partial charge is 0.481 e. The van der Waals surface area contributed by atoms with Crippen LogP contribution in [0.1, 0.15) is 19.4 Å². The molecular formula is C18H20N2O3. The first-order valence-electron chi connectivity index (χ1n) is 7.36. The minimum absolute atomic E-state index is 0.137. The van der Waals surface area contributed by atoms with E-state index in [0.29, 0.717) is 17.1 Å². The molecule has 2 amide bonds. The van der Waals surface area contributed by atoms with Crippen molar-refractivity contribution in [2.45, 2.75) is 26.9 Å². The molecule has 2 aromatic rings. The number of benzene rings is 2. The third-order valence-electron chi connectivity index (χ3n) is 3.24. The van der Waals surface area contributed by atoms with Crippen LogP contribution in [0.25, 0.3) is 0 Å². The third kappa shape index (κ3) is 4.85. The summed E-state index contributed by atoms with van der Waals surface area (Å²) in [6.45, 7) is 5.08. The van der Waals surface area contributed by atoms with Crippen molar-refractivity contribution in [2.75, 3.05) is 10.6 Å². The Morgan fingerprint density at radius 1 is 0.957 bits per heavy atom. The molecule has 0 spiro atoms. The van der Waals surface area contributed by atoms with E-state index in [2.05, 4.69) is 10.6 Å². The zero-order valence-electron chi connectivity index (χ0n) is 13.4. The van der Waals surface area contributed by atoms with Gasteiger partial charge in [-0.3, -0.25) is 9.59 Å². The van der Waals surface area contributed by atoms with Crippen molar-refractivity contribution in [3.8, 4) is 5.75 Å². The molecule has 0 saturated heterocycles. The van der Waals surface area contributed by atoms with Crippen molar-refractivity contribution < 1.29 is 14.3 Å². The lowest BCUT2D eigenvalue weighted by molar-refractivity contribution is -0.122. The second-order valence-electron chi connectivity index (χ2n) is 5.27. The number of nitrogens with one attached hydrogen (secondary N) is 2. The second-order valence-corrected chi connectivity index (χ2v) is 5.27. The van der Waals surface area contributed by atoms with Crippen LogP contribution in [0.2, 0.25) is 0 Å². The molecule has 2 aromatic carbocycles. The number of carbonyl (C=O) groups is 2. The highest BCUT2D eigenvalue weighted by Crippen LogP contribution is 2.19. The van der Waals surface area contributed by atoms with E-state index in [1.807, 2.05) is 31.2 Å². The minimum atomic E-state index is -0.619. The topological polar surface area (TPSA) is 67.4 Å². The second kappa shape index (κ2) is 7.45. The normalized spacial score (nSPS) is 11.4. The van der Waals surface area contributed by atoms with Gasteiger partial charge < -0.3 is 15.4 Å².